The molecule has 0 bridgehead atoms. The van der Waals surface area contributed by atoms with Crippen LogP contribution in [-0.4, -0.2) is 36.9 Å². The fraction of sp³-hybridized carbons (Fsp3) is 0.846. The second kappa shape index (κ2) is 9.75. The van der Waals surface area contributed by atoms with Gasteiger partial charge in [-0.1, -0.05) is 6.92 Å². The predicted molar refractivity (Wildman–Crippen MR) is 68.4 cm³/mol. The van der Waals surface area contributed by atoms with E-state index in [2.05, 4.69) is 0 Å². The number of carbonyl (C=O) groups is 2. The monoisotopic (exact) mass is 276 g/mol. The first-order chi connectivity index (χ1) is 8.90. The van der Waals surface area contributed by atoms with Crippen molar-refractivity contribution in [2.75, 3.05) is 19.8 Å². The van der Waals surface area contributed by atoms with Crippen LogP contribution < -0.4 is 0 Å². The molecule has 0 saturated heterocycles. The van der Waals surface area contributed by atoms with Gasteiger partial charge in [0.2, 0.25) is 0 Å². The van der Waals surface area contributed by atoms with Crippen LogP contribution in [0, 0.1) is 5.41 Å². The van der Waals surface area contributed by atoms with E-state index in [4.69, 9.17) is 19.6 Å². The van der Waals surface area contributed by atoms with Gasteiger partial charge in [0.1, 0.15) is 13.2 Å². The largest absolute Gasteiger partial charge is 0.481 e. The lowest BCUT2D eigenvalue weighted by Crippen LogP contribution is -2.27. The minimum Gasteiger partial charge on any atom is -0.481 e. The highest BCUT2D eigenvalue weighted by molar-refractivity contribution is 5.75. The Bertz CT molecular complexity index is 274. The molecule has 0 aliphatic carbocycles. The standard InChI is InChI=1S/C13H24O6/c1-4-13(2,3)12(16)17-9-10-19-18-8-6-5-7-11(14)15/h4-10H2,1-3H3,(H,14,15). The van der Waals surface area contributed by atoms with E-state index >= 15 is 0 Å². The summed E-state index contributed by atoms with van der Waals surface area (Å²) in [5.74, 6) is -1.06. The molecule has 0 amide bonds. The number of rotatable bonds is 11. The molecule has 0 aromatic carbocycles. The second-order valence-electron chi connectivity index (χ2n) is 4.87. The first kappa shape index (κ1) is 17.9. The molecule has 6 heteroatoms. The van der Waals surface area contributed by atoms with E-state index in [0.717, 1.165) is 0 Å². The lowest BCUT2D eigenvalue weighted by atomic mass is 9.91. The number of carbonyl (C=O) groups excluding carboxylic acids is 1. The van der Waals surface area contributed by atoms with Crippen LogP contribution in [0.15, 0.2) is 0 Å². The summed E-state index contributed by atoms with van der Waals surface area (Å²) in [5, 5.41) is 8.40. The minimum absolute atomic E-state index is 0.132. The van der Waals surface area contributed by atoms with Gasteiger partial charge >= 0.3 is 11.9 Å². The van der Waals surface area contributed by atoms with Crippen LogP contribution in [-0.2, 0) is 24.1 Å². The molecule has 0 saturated carbocycles. The highest BCUT2D eigenvalue weighted by Crippen LogP contribution is 2.21. The second-order valence-corrected chi connectivity index (χ2v) is 4.87. The van der Waals surface area contributed by atoms with Crippen LogP contribution in [0.5, 0.6) is 0 Å². The summed E-state index contributed by atoms with van der Waals surface area (Å²) in [6.07, 6.45) is 2.02. The molecular formula is C13H24O6. The third-order valence-corrected chi connectivity index (χ3v) is 2.79. The molecule has 0 fully saturated rings. The topological polar surface area (TPSA) is 82.1 Å². The average molecular weight is 276 g/mol. The summed E-state index contributed by atoms with van der Waals surface area (Å²) in [6, 6.07) is 0. The van der Waals surface area contributed by atoms with E-state index in [9.17, 15) is 9.59 Å². The fourth-order valence-corrected chi connectivity index (χ4v) is 1.06. The number of carboxylic acid groups (broad SMARTS) is 1. The summed E-state index contributed by atoms with van der Waals surface area (Å²) in [7, 11) is 0. The average Bonchev–Trinajstić information content (AvgIpc) is 2.36. The van der Waals surface area contributed by atoms with Crippen molar-refractivity contribution in [2.24, 2.45) is 5.41 Å². The maximum atomic E-state index is 11.6. The molecule has 0 heterocycles. The van der Waals surface area contributed by atoms with Gasteiger partial charge in [-0.15, -0.1) is 0 Å². The Hall–Kier alpha value is -1.14. The number of esters is 1. The SMILES string of the molecule is CCC(C)(C)C(=O)OCCOOCCCCC(=O)O. The molecular weight excluding hydrogens is 252 g/mol. The maximum Gasteiger partial charge on any atom is 0.311 e. The highest BCUT2D eigenvalue weighted by Gasteiger charge is 2.26. The van der Waals surface area contributed by atoms with Crippen molar-refractivity contribution in [3.63, 3.8) is 0 Å². The molecule has 0 aromatic heterocycles. The molecule has 0 radical (unpaired) electrons. The molecule has 1 N–H and O–H groups in total. The number of hydrogen-bond acceptors (Lipinski definition) is 5. The Morgan fingerprint density at radius 3 is 2.26 bits per heavy atom. The summed E-state index contributed by atoms with van der Waals surface area (Å²) in [4.78, 5) is 31.4. The van der Waals surface area contributed by atoms with E-state index in [0.29, 0.717) is 25.9 Å². The Morgan fingerprint density at radius 2 is 1.68 bits per heavy atom. The van der Waals surface area contributed by atoms with Crippen molar-refractivity contribution >= 4 is 11.9 Å². The van der Waals surface area contributed by atoms with Gasteiger partial charge in [0.05, 0.1) is 12.0 Å². The molecule has 0 aromatic rings. The van der Waals surface area contributed by atoms with Crippen LogP contribution in [0.25, 0.3) is 0 Å². The highest BCUT2D eigenvalue weighted by atomic mass is 17.2. The number of unbranched alkanes of at least 4 members (excludes halogenated alkanes) is 1. The number of ether oxygens (including phenoxy) is 1. The zero-order valence-electron chi connectivity index (χ0n) is 11.9. The zero-order chi connectivity index (χ0) is 14.7. The van der Waals surface area contributed by atoms with Gasteiger partial charge in [-0.2, -0.15) is 0 Å². The van der Waals surface area contributed by atoms with Crippen molar-refractivity contribution in [2.45, 2.75) is 46.5 Å². The zero-order valence-corrected chi connectivity index (χ0v) is 11.9. The van der Waals surface area contributed by atoms with E-state index in [1.54, 1.807) is 0 Å². The van der Waals surface area contributed by atoms with Gasteiger partial charge in [-0.25, -0.2) is 9.78 Å². The maximum absolute atomic E-state index is 11.6. The van der Waals surface area contributed by atoms with Crippen molar-refractivity contribution in [1.82, 2.24) is 0 Å². The molecule has 0 rings (SSSR count). The van der Waals surface area contributed by atoms with E-state index < -0.39 is 11.4 Å². The summed E-state index contributed by atoms with van der Waals surface area (Å²) in [5.41, 5.74) is -0.475. The molecule has 0 aliphatic heterocycles. The molecule has 0 atom stereocenters. The normalized spacial score (nSPS) is 11.3. The summed E-state index contributed by atoms with van der Waals surface area (Å²) >= 11 is 0. The number of carboxylic acids is 1. The van der Waals surface area contributed by atoms with Crippen LogP contribution in [0.4, 0.5) is 0 Å². The molecule has 112 valence electrons. The quantitative estimate of drug-likeness (QED) is 0.269. The summed E-state index contributed by atoms with van der Waals surface area (Å²) in [6.45, 7) is 6.24. The van der Waals surface area contributed by atoms with E-state index in [1.807, 2.05) is 20.8 Å². The van der Waals surface area contributed by atoms with Crippen LogP contribution >= 0.6 is 0 Å². The number of aliphatic carboxylic acids is 1. The molecule has 0 aliphatic rings. The Morgan fingerprint density at radius 1 is 1.05 bits per heavy atom. The first-order valence-electron chi connectivity index (χ1n) is 6.53. The van der Waals surface area contributed by atoms with Gasteiger partial charge in [0.25, 0.3) is 0 Å². The fourth-order valence-electron chi connectivity index (χ4n) is 1.06. The first-order valence-corrected chi connectivity index (χ1v) is 6.53. The Balaban J connectivity index is 3.37. The summed E-state index contributed by atoms with van der Waals surface area (Å²) < 4.78 is 5.04. The number of hydrogen-bond donors (Lipinski definition) is 1. The van der Waals surface area contributed by atoms with Gasteiger partial charge in [0, 0.05) is 6.42 Å². The van der Waals surface area contributed by atoms with Gasteiger partial charge in [0.15, 0.2) is 0 Å². The van der Waals surface area contributed by atoms with Crippen molar-refractivity contribution in [1.29, 1.82) is 0 Å². The third-order valence-electron chi connectivity index (χ3n) is 2.79. The lowest BCUT2D eigenvalue weighted by Gasteiger charge is -2.20. The van der Waals surface area contributed by atoms with Crippen molar-refractivity contribution < 1.29 is 29.2 Å². The van der Waals surface area contributed by atoms with E-state index in [1.165, 1.54) is 0 Å². The van der Waals surface area contributed by atoms with Crippen LogP contribution in [0.1, 0.15) is 46.5 Å². The predicted octanol–water partition coefficient (Wildman–Crippen LogP) is 2.17. The van der Waals surface area contributed by atoms with Crippen molar-refractivity contribution in [3.05, 3.63) is 0 Å². The van der Waals surface area contributed by atoms with Gasteiger partial charge < -0.3 is 9.84 Å². The van der Waals surface area contributed by atoms with Crippen molar-refractivity contribution in [3.8, 4) is 0 Å². The van der Waals surface area contributed by atoms with Gasteiger partial charge in [-0.05, 0) is 33.1 Å². The van der Waals surface area contributed by atoms with Gasteiger partial charge in [-0.3, -0.25) is 9.59 Å². The third kappa shape index (κ3) is 9.44. The smallest absolute Gasteiger partial charge is 0.311 e. The van der Waals surface area contributed by atoms with Crippen LogP contribution in [0.2, 0.25) is 0 Å². The lowest BCUT2D eigenvalue weighted by molar-refractivity contribution is -0.298. The van der Waals surface area contributed by atoms with E-state index in [-0.39, 0.29) is 25.6 Å². The molecule has 0 spiro atoms. The minimum atomic E-state index is -0.814. The molecule has 19 heavy (non-hydrogen) atoms. The van der Waals surface area contributed by atoms with Crippen LogP contribution in [0.3, 0.4) is 0 Å². The Kier molecular flexibility index (Phi) is 9.16. The Labute approximate surface area is 114 Å². The molecule has 0 unspecified atom stereocenters. The molecule has 6 nitrogen and oxygen atoms in total.